The molecule has 4 rings (SSSR count). The van der Waals surface area contributed by atoms with E-state index in [1.165, 1.54) is 0 Å². The summed E-state index contributed by atoms with van der Waals surface area (Å²) < 4.78 is 5.80. The Morgan fingerprint density at radius 2 is 1.95 bits per heavy atom. The Hall–Kier alpha value is -1.61. The summed E-state index contributed by atoms with van der Waals surface area (Å²) in [5.41, 5.74) is 1.95. The molecule has 2 heterocycles. The molecule has 3 nitrogen and oxygen atoms in total. The molecule has 1 saturated heterocycles. The molecule has 0 N–H and O–H groups in total. The molecule has 0 radical (unpaired) electrons. The predicted octanol–water partition coefficient (Wildman–Crippen LogP) is 2.86. The molecule has 2 atom stereocenters. The van der Waals surface area contributed by atoms with Gasteiger partial charge in [0.05, 0.1) is 12.0 Å². The van der Waals surface area contributed by atoms with Crippen LogP contribution in [0.2, 0.25) is 0 Å². The normalized spacial score (nSPS) is 34.6. The molecule has 3 aliphatic rings. The van der Waals surface area contributed by atoms with Crippen molar-refractivity contribution >= 4 is 5.91 Å². The second kappa shape index (κ2) is 3.28. The van der Waals surface area contributed by atoms with E-state index in [0.29, 0.717) is 6.61 Å². The molecule has 2 fully saturated rings. The lowest BCUT2D eigenvalue weighted by Gasteiger charge is -2.23. The van der Waals surface area contributed by atoms with Crippen molar-refractivity contribution in [1.29, 1.82) is 0 Å². The number of rotatable bonds is 1. The average Bonchev–Trinajstić information content (AvgIpc) is 2.72. The summed E-state index contributed by atoms with van der Waals surface area (Å²) in [6.07, 6.45) is 2.87. The maximum atomic E-state index is 12.8. The molecule has 1 aromatic carbocycles. The standard InChI is InChI=1S/C16H17NO2/c1-15(2)10-16(15)8-12-9-19-13(17(12)14(16)18)11-6-4-3-5-7-11/h3-8,13H,9-10H2,1-2H3/t13-,16+/m1/s1. The van der Waals surface area contributed by atoms with Gasteiger partial charge in [0.2, 0.25) is 5.91 Å². The average molecular weight is 255 g/mol. The van der Waals surface area contributed by atoms with Crippen molar-refractivity contribution in [3.63, 3.8) is 0 Å². The van der Waals surface area contributed by atoms with E-state index in [0.717, 1.165) is 17.7 Å². The third-order valence-electron chi connectivity index (χ3n) is 4.83. The third-order valence-corrected chi connectivity index (χ3v) is 4.83. The van der Waals surface area contributed by atoms with Crippen molar-refractivity contribution in [2.45, 2.75) is 26.5 Å². The SMILES string of the molecule is CC1(C)C[C@]12C=C1CO[C@H](c3ccccc3)N1C2=O. The molecule has 98 valence electrons. The van der Waals surface area contributed by atoms with E-state index < -0.39 is 0 Å². The molecule has 1 aromatic rings. The van der Waals surface area contributed by atoms with Gasteiger partial charge in [0.1, 0.15) is 0 Å². The first-order valence-electron chi connectivity index (χ1n) is 6.77. The minimum atomic E-state index is -0.251. The predicted molar refractivity (Wildman–Crippen MR) is 70.9 cm³/mol. The molecule has 0 aromatic heterocycles. The zero-order chi connectivity index (χ0) is 13.3. The van der Waals surface area contributed by atoms with E-state index in [1.54, 1.807) is 0 Å². The highest BCUT2D eigenvalue weighted by molar-refractivity contribution is 5.94. The van der Waals surface area contributed by atoms with Crippen LogP contribution >= 0.6 is 0 Å². The van der Waals surface area contributed by atoms with Gasteiger partial charge in [-0.1, -0.05) is 44.2 Å². The van der Waals surface area contributed by atoms with Crippen molar-refractivity contribution in [3.8, 4) is 0 Å². The number of nitrogens with zero attached hydrogens (tertiary/aromatic N) is 1. The zero-order valence-electron chi connectivity index (χ0n) is 11.2. The number of carbonyl (C=O) groups is 1. The Morgan fingerprint density at radius 1 is 1.26 bits per heavy atom. The van der Waals surface area contributed by atoms with E-state index >= 15 is 0 Å². The van der Waals surface area contributed by atoms with Crippen LogP contribution in [0.25, 0.3) is 0 Å². The highest BCUT2D eigenvalue weighted by atomic mass is 16.5. The number of hydrogen-bond donors (Lipinski definition) is 0. The monoisotopic (exact) mass is 255 g/mol. The Labute approximate surface area is 112 Å². The number of fused-ring (bicyclic) bond motifs is 1. The van der Waals surface area contributed by atoms with E-state index in [2.05, 4.69) is 19.9 Å². The number of carbonyl (C=O) groups excluding carboxylic acids is 1. The van der Waals surface area contributed by atoms with Gasteiger partial charge in [-0.05, 0) is 17.9 Å². The molecule has 1 amide bonds. The maximum absolute atomic E-state index is 12.8. The smallest absolute Gasteiger partial charge is 0.239 e. The minimum Gasteiger partial charge on any atom is -0.347 e. The van der Waals surface area contributed by atoms with Crippen molar-refractivity contribution < 1.29 is 9.53 Å². The number of hydrogen-bond acceptors (Lipinski definition) is 2. The Bertz CT molecular complexity index is 590. The molecular weight excluding hydrogens is 238 g/mol. The van der Waals surface area contributed by atoms with Gasteiger partial charge in [-0.25, -0.2) is 0 Å². The van der Waals surface area contributed by atoms with Crippen molar-refractivity contribution in [2.75, 3.05) is 6.61 Å². The van der Waals surface area contributed by atoms with Crippen LogP contribution in [-0.2, 0) is 9.53 Å². The summed E-state index contributed by atoms with van der Waals surface area (Å²) in [7, 11) is 0. The largest absolute Gasteiger partial charge is 0.347 e. The van der Waals surface area contributed by atoms with Crippen LogP contribution in [0.4, 0.5) is 0 Å². The van der Waals surface area contributed by atoms with E-state index in [-0.39, 0.29) is 23.0 Å². The minimum absolute atomic E-state index is 0.0999. The van der Waals surface area contributed by atoms with Gasteiger partial charge in [-0.3, -0.25) is 9.69 Å². The Balaban J connectivity index is 1.72. The van der Waals surface area contributed by atoms with E-state index in [9.17, 15) is 4.79 Å². The van der Waals surface area contributed by atoms with E-state index in [1.807, 2.05) is 35.2 Å². The third kappa shape index (κ3) is 1.29. The number of amides is 1. The van der Waals surface area contributed by atoms with Crippen molar-refractivity contribution in [3.05, 3.63) is 47.7 Å². The maximum Gasteiger partial charge on any atom is 0.239 e. The number of benzene rings is 1. The molecule has 1 aliphatic carbocycles. The quantitative estimate of drug-likeness (QED) is 0.772. The second-order valence-electron chi connectivity index (χ2n) is 6.42. The lowest BCUT2D eigenvalue weighted by Crippen LogP contribution is -2.31. The molecular formula is C16H17NO2. The summed E-state index contributed by atoms with van der Waals surface area (Å²) in [6, 6.07) is 9.98. The van der Waals surface area contributed by atoms with Gasteiger partial charge >= 0.3 is 0 Å². The fourth-order valence-electron chi connectivity index (χ4n) is 3.50. The van der Waals surface area contributed by atoms with Gasteiger partial charge < -0.3 is 4.74 Å². The number of ether oxygens (including phenoxy) is 1. The first-order chi connectivity index (χ1) is 9.05. The molecule has 19 heavy (non-hydrogen) atoms. The molecule has 3 heteroatoms. The van der Waals surface area contributed by atoms with Gasteiger partial charge in [0, 0.05) is 11.3 Å². The van der Waals surface area contributed by atoms with Crippen molar-refractivity contribution in [1.82, 2.24) is 4.90 Å². The van der Waals surface area contributed by atoms with Crippen LogP contribution in [-0.4, -0.2) is 17.4 Å². The van der Waals surface area contributed by atoms with Crippen LogP contribution in [0, 0.1) is 10.8 Å². The van der Waals surface area contributed by atoms with E-state index in [4.69, 9.17) is 4.74 Å². The summed E-state index contributed by atoms with van der Waals surface area (Å²) in [5.74, 6) is 0.221. The van der Waals surface area contributed by atoms with Gasteiger partial charge in [0.25, 0.3) is 0 Å². The second-order valence-corrected chi connectivity index (χ2v) is 6.42. The summed E-state index contributed by atoms with van der Waals surface area (Å²) in [5, 5.41) is 0. The Kier molecular flexibility index (Phi) is 1.94. The molecule has 1 saturated carbocycles. The zero-order valence-corrected chi connectivity index (χ0v) is 11.2. The van der Waals surface area contributed by atoms with Crippen LogP contribution in [0.5, 0.6) is 0 Å². The fourth-order valence-corrected chi connectivity index (χ4v) is 3.50. The van der Waals surface area contributed by atoms with Crippen LogP contribution in [0.3, 0.4) is 0 Å². The fraction of sp³-hybridized carbons (Fsp3) is 0.438. The van der Waals surface area contributed by atoms with Crippen LogP contribution in [0.1, 0.15) is 32.1 Å². The molecule has 1 spiro atoms. The lowest BCUT2D eigenvalue weighted by atomic mass is 9.96. The van der Waals surface area contributed by atoms with Gasteiger partial charge in [0.15, 0.2) is 6.23 Å². The molecule has 0 bridgehead atoms. The molecule has 0 unspecified atom stereocenters. The first kappa shape index (κ1) is 11.2. The van der Waals surface area contributed by atoms with Gasteiger partial charge in [-0.2, -0.15) is 0 Å². The van der Waals surface area contributed by atoms with Gasteiger partial charge in [-0.15, -0.1) is 0 Å². The highest BCUT2D eigenvalue weighted by Crippen LogP contribution is 2.69. The first-order valence-corrected chi connectivity index (χ1v) is 6.77. The summed E-state index contributed by atoms with van der Waals surface area (Å²) >= 11 is 0. The lowest BCUT2D eigenvalue weighted by molar-refractivity contribution is -0.138. The van der Waals surface area contributed by atoms with Crippen LogP contribution < -0.4 is 0 Å². The summed E-state index contributed by atoms with van der Waals surface area (Å²) in [6.45, 7) is 4.88. The topological polar surface area (TPSA) is 29.5 Å². The highest BCUT2D eigenvalue weighted by Gasteiger charge is 2.70. The van der Waals surface area contributed by atoms with Crippen molar-refractivity contribution in [2.24, 2.45) is 10.8 Å². The Morgan fingerprint density at radius 3 is 2.58 bits per heavy atom. The molecule has 2 aliphatic heterocycles. The van der Waals surface area contributed by atoms with Crippen LogP contribution in [0.15, 0.2) is 42.1 Å². The summed E-state index contributed by atoms with van der Waals surface area (Å²) in [4.78, 5) is 14.6.